The molecule has 24 heavy (non-hydrogen) atoms. The van der Waals surface area contributed by atoms with Crippen LogP contribution in [0.5, 0.6) is 0 Å². The molecular weight excluding hydrogens is 303 g/mol. The van der Waals surface area contributed by atoms with Gasteiger partial charge in [0, 0.05) is 18.2 Å². The number of aryl methyl sites for hydroxylation is 1. The van der Waals surface area contributed by atoms with Crippen molar-refractivity contribution < 1.29 is 9.18 Å². The number of nitrogens with one attached hydrogen (secondary N) is 1. The van der Waals surface area contributed by atoms with E-state index in [4.69, 9.17) is 5.73 Å². The lowest BCUT2D eigenvalue weighted by molar-refractivity contribution is -0.120. The molecule has 3 N–H and O–H groups in total. The lowest BCUT2D eigenvalue weighted by atomic mass is 9.81. The van der Waals surface area contributed by atoms with Crippen LogP contribution in [-0.2, 0) is 4.79 Å². The van der Waals surface area contributed by atoms with Crippen LogP contribution >= 0.6 is 0 Å². The summed E-state index contributed by atoms with van der Waals surface area (Å²) in [5.41, 5.74) is 9.26. The molecule has 0 saturated heterocycles. The zero-order valence-electron chi connectivity index (χ0n) is 14.9. The minimum atomic E-state index is -0.571. The first-order chi connectivity index (χ1) is 11.2. The standard InChI is InChI=1S/C20H27FN2O/c1-12(2)9-14(4)17(11-22)20(16(6)24)15(5)23-19-8-7-13(3)10-18(19)21/h7-10,17,20,23H,4-5,11,22H2,1-3,6H3/t17-,20+/m1/s1. The van der Waals surface area contributed by atoms with Gasteiger partial charge in [0.1, 0.15) is 11.6 Å². The number of carbonyl (C=O) groups is 1. The first kappa shape index (κ1) is 19.8. The summed E-state index contributed by atoms with van der Waals surface area (Å²) < 4.78 is 14.0. The summed E-state index contributed by atoms with van der Waals surface area (Å²) in [5.74, 6) is -1.32. The third-order valence-electron chi connectivity index (χ3n) is 3.84. The number of carbonyl (C=O) groups excluding carboxylic acids is 1. The van der Waals surface area contributed by atoms with Crippen molar-refractivity contribution >= 4 is 11.5 Å². The van der Waals surface area contributed by atoms with E-state index in [-0.39, 0.29) is 24.1 Å². The molecule has 0 heterocycles. The Hall–Kier alpha value is -2.20. The zero-order chi connectivity index (χ0) is 18.4. The van der Waals surface area contributed by atoms with Crippen molar-refractivity contribution in [2.75, 3.05) is 11.9 Å². The fourth-order valence-corrected chi connectivity index (χ4v) is 2.72. The lowest BCUT2D eigenvalue weighted by Gasteiger charge is -2.27. The van der Waals surface area contributed by atoms with E-state index >= 15 is 0 Å². The Kier molecular flexibility index (Phi) is 7.11. The monoisotopic (exact) mass is 330 g/mol. The Morgan fingerprint density at radius 1 is 1.33 bits per heavy atom. The predicted molar refractivity (Wildman–Crippen MR) is 99.2 cm³/mol. The summed E-state index contributed by atoms with van der Waals surface area (Å²) >= 11 is 0. The van der Waals surface area contributed by atoms with Crippen LogP contribution in [0.15, 0.2) is 54.3 Å². The van der Waals surface area contributed by atoms with E-state index in [0.717, 1.165) is 16.7 Å². The van der Waals surface area contributed by atoms with E-state index < -0.39 is 5.92 Å². The number of hydrogen-bond acceptors (Lipinski definition) is 3. The molecule has 0 saturated carbocycles. The van der Waals surface area contributed by atoms with Crippen LogP contribution in [0.2, 0.25) is 0 Å². The maximum Gasteiger partial charge on any atom is 0.146 e. The Bertz CT molecular complexity index is 672. The van der Waals surface area contributed by atoms with Crippen LogP contribution in [0.1, 0.15) is 26.3 Å². The fraction of sp³-hybridized carbons (Fsp3) is 0.350. The molecule has 130 valence electrons. The van der Waals surface area contributed by atoms with Crippen LogP contribution in [0.25, 0.3) is 0 Å². The van der Waals surface area contributed by atoms with Crippen molar-refractivity contribution in [3.63, 3.8) is 0 Å². The Labute approximate surface area is 144 Å². The maximum atomic E-state index is 14.0. The zero-order valence-corrected chi connectivity index (χ0v) is 14.9. The Morgan fingerprint density at radius 3 is 2.42 bits per heavy atom. The number of benzene rings is 1. The lowest BCUT2D eigenvalue weighted by Crippen LogP contribution is -2.32. The van der Waals surface area contributed by atoms with Gasteiger partial charge < -0.3 is 11.1 Å². The Balaban J connectivity index is 3.09. The number of halogens is 1. The number of allylic oxidation sites excluding steroid dienone is 3. The number of anilines is 1. The van der Waals surface area contributed by atoms with Crippen LogP contribution in [-0.4, -0.2) is 12.3 Å². The highest BCUT2D eigenvalue weighted by molar-refractivity contribution is 5.83. The highest BCUT2D eigenvalue weighted by Crippen LogP contribution is 2.29. The van der Waals surface area contributed by atoms with Gasteiger partial charge in [0.25, 0.3) is 0 Å². The number of nitrogens with two attached hydrogens (primary N) is 1. The van der Waals surface area contributed by atoms with E-state index in [9.17, 15) is 9.18 Å². The topological polar surface area (TPSA) is 55.1 Å². The maximum absolute atomic E-state index is 14.0. The van der Waals surface area contributed by atoms with Gasteiger partial charge in [0.05, 0.1) is 11.6 Å². The summed E-state index contributed by atoms with van der Waals surface area (Å²) in [6, 6.07) is 4.86. The van der Waals surface area contributed by atoms with Crippen LogP contribution < -0.4 is 11.1 Å². The molecule has 0 unspecified atom stereocenters. The van der Waals surface area contributed by atoms with E-state index in [1.807, 2.05) is 26.8 Å². The van der Waals surface area contributed by atoms with Crippen LogP contribution in [0, 0.1) is 24.6 Å². The molecule has 1 rings (SSSR count). The van der Waals surface area contributed by atoms with Crippen molar-refractivity contribution in [2.45, 2.75) is 27.7 Å². The van der Waals surface area contributed by atoms with Gasteiger partial charge in [-0.25, -0.2) is 4.39 Å². The molecule has 0 aliphatic rings. The summed E-state index contributed by atoms with van der Waals surface area (Å²) in [6.45, 7) is 15.5. The molecule has 3 nitrogen and oxygen atoms in total. The molecule has 2 atom stereocenters. The van der Waals surface area contributed by atoms with Crippen molar-refractivity contribution in [2.24, 2.45) is 17.6 Å². The van der Waals surface area contributed by atoms with Gasteiger partial charge in [0.15, 0.2) is 0 Å². The second-order valence-electron chi connectivity index (χ2n) is 6.36. The number of rotatable bonds is 8. The second-order valence-corrected chi connectivity index (χ2v) is 6.36. The summed E-state index contributed by atoms with van der Waals surface area (Å²) in [5, 5.41) is 2.93. The van der Waals surface area contributed by atoms with Gasteiger partial charge in [-0.05, 0) is 51.0 Å². The largest absolute Gasteiger partial charge is 0.356 e. The minimum absolute atomic E-state index is 0.0845. The smallest absolute Gasteiger partial charge is 0.146 e. The molecule has 0 spiro atoms. The Morgan fingerprint density at radius 2 is 1.96 bits per heavy atom. The molecule has 0 amide bonds. The quantitative estimate of drug-likeness (QED) is 0.696. The molecule has 0 aromatic heterocycles. The van der Waals surface area contributed by atoms with Crippen molar-refractivity contribution in [3.05, 3.63) is 65.7 Å². The van der Waals surface area contributed by atoms with Crippen molar-refractivity contribution in [1.29, 1.82) is 0 Å². The van der Waals surface area contributed by atoms with Gasteiger partial charge in [-0.1, -0.05) is 30.9 Å². The molecule has 0 aliphatic heterocycles. The molecule has 0 fully saturated rings. The van der Waals surface area contributed by atoms with E-state index in [1.165, 1.54) is 13.0 Å². The first-order valence-corrected chi connectivity index (χ1v) is 7.93. The number of Topliss-reactive ketones (excluding diaryl/α,β-unsaturated/α-hetero) is 1. The summed E-state index contributed by atoms with van der Waals surface area (Å²) in [6.07, 6.45) is 1.91. The second kappa shape index (κ2) is 8.60. The third kappa shape index (κ3) is 5.17. The van der Waals surface area contributed by atoms with Gasteiger partial charge >= 0.3 is 0 Å². The predicted octanol–water partition coefficient (Wildman–Crippen LogP) is 4.36. The average molecular weight is 330 g/mol. The SMILES string of the molecule is C=C(Nc1ccc(C)cc1F)[C@@H](C(C)=O)[C@H](CN)C(=C)C=C(C)C. The van der Waals surface area contributed by atoms with Crippen molar-refractivity contribution in [1.82, 2.24) is 0 Å². The van der Waals surface area contributed by atoms with Crippen LogP contribution in [0.3, 0.4) is 0 Å². The highest BCUT2D eigenvalue weighted by Gasteiger charge is 2.29. The molecule has 0 radical (unpaired) electrons. The molecule has 1 aromatic carbocycles. The number of hydrogen-bond donors (Lipinski definition) is 2. The number of ketones is 1. The third-order valence-corrected chi connectivity index (χ3v) is 3.84. The highest BCUT2D eigenvalue weighted by atomic mass is 19.1. The van der Waals surface area contributed by atoms with E-state index in [2.05, 4.69) is 18.5 Å². The van der Waals surface area contributed by atoms with E-state index in [0.29, 0.717) is 11.4 Å². The molecule has 4 heteroatoms. The van der Waals surface area contributed by atoms with Gasteiger partial charge in [-0.3, -0.25) is 4.79 Å². The van der Waals surface area contributed by atoms with Gasteiger partial charge in [-0.15, -0.1) is 0 Å². The molecule has 1 aromatic rings. The molecule has 0 bridgehead atoms. The van der Waals surface area contributed by atoms with Gasteiger partial charge in [0.2, 0.25) is 0 Å². The average Bonchev–Trinajstić information content (AvgIpc) is 2.45. The molecular formula is C20H27FN2O. The summed E-state index contributed by atoms with van der Waals surface area (Å²) in [4.78, 5) is 12.2. The fourth-order valence-electron chi connectivity index (χ4n) is 2.72. The van der Waals surface area contributed by atoms with E-state index in [1.54, 1.807) is 12.1 Å². The van der Waals surface area contributed by atoms with Gasteiger partial charge in [-0.2, -0.15) is 0 Å². The van der Waals surface area contributed by atoms with Crippen molar-refractivity contribution in [3.8, 4) is 0 Å². The normalized spacial score (nSPS) is 12.9. The van der Waals surface area contributed by atoms with Crippen LogP contribution in [0.4, 0.5) is 10.1 Å². The summed E-state index contributed by atoms with van der Waals surface area (Å²) in [7, 11) is 0. The minimum Gasteiger partial charge on any atom is -0.356 e. The first-order valence-electron chi connectivity index (χ1n) is 7.93. The molecule has 0 aliphatic carbocycles.